The zero-order chi connectivity index (χ0) is 15.2. The van der Waals surface area contributed by atoms with Gasteiger partial charge < -0.3 is 9.84 Å². The highest BCUT2D eigenvalue weighted by atomic mass is 32.2. The molecule has 1 atom stereocenters. The van der Waals surface area contributed by atoms with Gasteiger partial charge in [-0.15, -0.1) is 0 Å². The van der Waals surface area contributed by atoms with E-state index in [4.69, 9.17) is 9.84 Å². The second-order valence-electron chi connectivity index (χ2n) is 4.28. The lowest BCUT2D eigenvalue weighted by Crippen LogP contribution is -2.38. The Morgan fingerprint density at radius 1 is 1.40 bits per heavy atom. The van der Waals surface area contributed by atoms with Crippen LogP contribution in [0.4, 0.5) is 0 Å². The van der Waals surface area contributed by atoms with Crippen LogP contribution in [0.15, 0.2) is 29.2 Å². The molecular formula is C14H19NO4S. The van der Waals surface area contributed by atoms with Crippen molar-refractivity contribution in [3.8, 4) is 11.8 Å². The van der Waals surface area contributed by atoms with Crippen molar-refractivity contribution >= 4 is 10.0 Å². The fourth-order valence-corrected chi connectivity index (χ4v) is 3.16. The fourth-order valence-electron chi connectivity index (χ4n) is 1.67. The van der Waals surface area contributed by atoms with Gasteiger partial charge in [0.15, 0.2) is 0 Å². The predicted molar refractivity (Wildman–Crippen MR) is 76.7 cm³/mol. The minimum atomic E-state index is -3.65. The predicted octanol–water partition coefficient (Wildman–Crippen LogP) is 0.686. The molecule has 0 aliphatic carbocycles. The topological polar surface area (TPSA) is 66.8 Å². The van der Waals surface area contributed by atoms with Gasteiger partial charge in [-0.3, -0.25) is 0 Å². The van der Waals surface area contributed by atoms with Gasteiger partial charge in [-0.25, -0.2) is 8.42 Å². The van der Waals surface area contributed by atoms with E-state index >= 15 is 0 Å². The maximum atomic E-state index is 12.6. The number of likely N-dealkylation sites (N-methyl/N-ethyl adjacent to an activating group) is 1. The first-order chi connectivity index (χ1) is 9.45. The Morgan fingerprint density at radius 2 is 2.05 bits per heavy atom. The zero-order valence-corrected chi connectivity index (χ0v) is 12.6. The summed E-state index contributed by atoms with van der Waals surface area (Å²) in [5.41, 5.74) is 0.373. The molecule has 0 heterocycles. The van der Waals surface area contributed by atoms with Crippen LogP contribution < -0.4 is 0 Å². The van der Waals surface area contributed by atoms with E-state index in [1.807, 2.05) is 0 Å². The lowest BCUT2D eigenvalue weighted by Gasteiger charge is -2.24. The number of rotatable bonds is 5. The van der Waals surface area contributed by atoms with E-state index in [0.29, 0.717) is 12.2 Å². The lowest BCUT2D eigenvalue weighted by atomic mass is 10.2. The number of hydrogen-bond acceptors (Lipinski definition) is 4. The molecule has 0 amide bonds. The molecular weight excluding hydrogens is 278 g/mol. The largest absolute Gasteiger partial charge is 0.384 e. The van der Waals surface area contributed by atoms with E-state index in [-0.39, 0.29) is 17.5 Å². The number of aliphatic hydroxyl groups excluding tert-OH is 1. The number of benzene rings is 1. The first-order valence-corrected chi connectivity index (χ1v) is 7.55. The third kappa shape index (κ3) is 3.81. The molecule has 1 rings (SSSR count). The normalized spacial score (nSPS) is 12.8. The average molecular weight is 297 g/mol. The van der Waals surface area contributed by atoms with E-state index in [9.17, 15) is 8.42 Å². The zero-order valence-electron chi connectivity index (χ0n) is 11.8. The molecule has 6 heteroatoms. The third-order valence-corrected chi connectivity index (χ3v) is 4.90. The number of ether oxygens (including phenoxy) is 1. The van der Waals surface area contributed by atoms with E-state index in [1.54, 1.807) is 25.1 Å². The summed E-state index contributed by atoms with van der Waals surface area (Å²) in [6.07, 6.45) is 0. The van der Waals surface area contributed by atoms with Crippen LogP contribution in [-0.4, -0.2) is 51.2 Å². The minimum absolute atomic E-state index is 0.131. The number of hydrogen-bond donors (Lipinski definition) is 1. The molecule has 1 aromatic carbocycles. The summed E-state index contributed by atoms with van der Waals surface area (Å²) in [7, 11) is -0.618. The van der Waals surface area contributed by atoms with Crippen LogP contribution in [0.5, 0.6) is 0 Å². The van der Waals surface area contributed by atoms with Gasteiger partial charge in [0.2, 0.25) is 10.0 Å². The quantitative estimate of drug-likeness (QED) is 0.812. The first-order valence-electron chi connectivity index (χ1n) is 6.11. The molecule has 0 aliphatic rings. The summed E-state index contributed by atoms with van der Waals surface area (Å²) in [4.78, 5) is 0.131. The maximum absolute atomic E-state index is 12.6. The first kappa shape index (κ1) is 16.7. The monoisotopic (exact) mass is 297 g/mol. The highest BCUT2D eigenvalue weighted by Crippen LogP contribution is 2.20. The van der Waals surface area contributed by atoms with Crippen LogP contribution >= 0.6 is 0 Å². The molecule has 5 nitrogen and oxygen atoms in total. The molecule has 0 fully saturated rings. The standard InChI is InChI=1S/C14H19NO4S/c1-12(11-19-3)15(2)20(17,18)14-9-5-4-7-13(14)8-6-10-16/h4-5,7,9,12,16H,10-11H2,1-3H3. The summed E-state index contributed by atoms with van der Waals surface area (Å²) in [6.45, 7) is 1.76. The Hall–Kier alpha value is -1.39. The summed E-state index contributed by atoms with van der Waals surface area (Å²) in [6, 6.07) is 6.19. The van der Waals surface area contributed by atoms with E-state index in [0.717, 1.165) is 0 Å². The van der Waals surface area contributed by atoms with Crippen LogP contribution in [-0.2, 0) is 14.8 Å². The van der Waals surface area contributed by atoms with Gasteiger partial charge in [0, 0.05) is 25.8 Å². The Kier molecular flexibility index (Phi) is 6.17. The van der Waals surface area contributed by atoms with E-state index in [1.165, 1.54) is 24.5 Å². The van der Waals surface area contributed by atoms with Gasteiger partial charge in [0.25, 0.3) is 0 Å². The van der Waals surface area contributed by atoms with Crippen LogP contribution in [0.3, 0.4) is 0 Å². The number of sulfonamides is 1. The Balaban J connectivity index is 3.22. The van der Waals surface area contributed by atoms with Crippen molar-refractivity contribution in [2.45, 2.75) is 17.9 Å². The summed E-state index contributed by atoms with van der Waals surface area (Å²) in [5.74, 6) is 5.13. The van der Waals surface area contributed by atoms with E-state index in [2.05, 4.69) is 11.8 Å². The molecule has 1 unspecified atom stereocenters. The lowest BCUT2D eigenvalue weighted by molar-refractivity contribution is 0.149. The van der Waals surface area contributed by atoms with Crippen molar-refractivity contribution in [2.75, 3.05) is 27.4 Å². The molecule has 0 radical (unpaired) electrons. The Labute approximate surface area is 120 Å². The van der Waals surface area contributed by atoms with Gasteiger partial charge in [-0.1, -0.05) is 24.0 Å². The maximum Gasteiger partial charge on any atom is 0.244 e. The van der Waals surface area contributed by atoms with Gasteiger partial charge >= 0.3 is 0 Å². The highest BCUT2D eigenvalue weighted by Gasteiger charge is 2.27. The van der Waals surface area contributed by atoms with Gasteiger partial charge in [0.05, 0.1) is 11.5 Å². The summed E-state index contributed by atoms with van der Waals surface area (Å²) in [5, 5.41) is 8.74. The molecule has 1 N–H and O–H groups in total. The fraction of sp³-hybridized carbons (Fsp3) is 0.429. The van der Waals surface area contributed by atoms with Gasteiger partial charge in [-0.05, 0) is 19.1 Å². The highest BCUT2D eigenvalue weighted by molar-refractivity contribution is 7.89. The molecule has 0 bridgehead atoms. The number of aliphatic hydroxyl groups is 1. The smallest absolute Gasteiger partial charge is 0.244 e. The number of methoxy groups -OCH3 is 1. The van der Waals surface area contributed by atoms with Crippen molar-refractivity contribution in [3.05, 3.63) is 29.8 Å². The van der Waals surface area contributed by atoms with Crippen molar-refractivity contribution < 1.29 is 18.3 Å². The van der Waals surface area contributed by atoms with Gasteiger partial charge in [0.1, 0.15) is 6.61 Å². The van der Waals surface area contributed by atoms with Crippen molar-refractivity contribution in [1.82, 2.24) is 4.31 Å². The molecule has 0 saturated carbocycles. The molecule has 0 spiro atoms. The van der Waals surface area contributed by atoms with Crippen LogP contribution in [0.2, 0.25) is 0 Å². The van der Waals surface area contributed by atoms with Crippen molar-refractivity contribution in [2.24, 2.45) is 0 Å². The average Bonchev–Trinajstić information content (AvgIpc) is 2.44. The summed E-state index contributed by atoms with van der Waals surface area (Å²) >= 11 is 0. The van der Waals surface area contributed by atoms with Crippen molar-refractivity contribution in [1.29, 1.82) is 0 Å². The minimum Gasteiger partial charge on any atom is -0.384 e. The Bertz CT molecular complexity index is 601. The molecule has 110 valence electrons. The molecule has 20 heavy (non-hydrogen) atoms. The van der Waals surface area contributed by atoms with Crippen LogP contribution in [0, 0.1) is 11.8 Å². The van der Waals surface area contributed by atoms with Gasteiger partial charge in [-0.2, -0.15) is 4.31 Å². The van der Waals surface area contributed by atoms with Crippen molar-refractivity contribution in [3.63, 3.8) is 0 Å². The molecule has 0 aromatic heterocycles. The van der Waals surface area contributed by atoms with Crippen LogP contribution in [0.1, 0.15) is 12.5 Å². The summed E-state index contributed by atoms with van der Waals surface area (Å²) < 4.78 is 31.4. The second-order valence-corrected chi connectivity index (χ2v) is 6.25. The number of nitrogens with zero attached hydrogens (tertiary/aromatic N) is 1. The second kappa shape index (κ2) is 7.41. The van der Waals surface area contributed by atoms with E-state index < -0.39 is 10.0 Å². The Morgan fingerprint density at radius 3 is 2.65 bits per heavy atom. The SMILES string of the molecule is COCC(C)N(C)S(=O)(=O)c1ccccc1C#CCO. The van der Waals surface area contributed by atoms with Crippen LogP contribution in [0.25, 0.3) is 0 Å². The molecule has 1 aromatic rings. The third-order valence-electron chi connectivity index (χ3n) is 2.87. The molecule has 0 saturated heterocycles. The molecule has 0 aliphatic heterocycles.